The molecule has 5 heteroatoms. The quantitative estimate of drug-likeness (QED) is 0.831. The van der Waals surface area contributed by atoms with Gasteiger partial charge < -0.3 is 10.1 Å². The molecule has 1 N–H and O–H groups in total. The van der Waals surface area contributed by atoms with E-state index in [0.29, 0.717) is 17.9 Å². The summed E-state index contributed by atoms with van der Waals surface area (Å²) in [5.74, 6) is -0.320. The maximum absolute atomic E-state index is 14.1. The van der Waals surface area contributed by atoms with Crippen LogP contribution in [0.15, 0.2) is 36.4 Å². The summed E-state index contributed by atoms with van der Waals surface area (Å²) < 4.78 is 33.1. The molecule has 2 aromatic carbocycles. The molecule has 2 nitrogen and oxygen atoms in total. The van der Waals surface area contributed by atoms with Crippen LogP contribution in [0.1, 0.15) is 25.5 Å². The van der Waals surface area contributed by atoms with E-state index in [1.807, 2.05) is 13.8 Å². The van der Waals surface area contributed by atoms with Crippen LogP contribution < -0.4 is 10.1 Å². The lowest BCUT2D eigenvalue weighted by atomic mass is 10.1. The van der Waals surface area contributed by atoms with E-state index in [1.54, 1.807) is 12.1 Å². The Bertz CT molecular complexity index is 634. The normalized spacial score (nSPS) is 12.2. The summed E-state index contributed by atoms with van der Waals surface area (Å²) in [4.78, 5) is 0. The van der Waals surface area contributed by atoms with E-state index in [9.17, 15) is 8.78 Å². The Morgan fingerprint density at radius 2 is 1.95 bits per heavy atom. The Morgan fingerprint density at radius 3 is 2.62 bits per heavy atom. The summed E-state index contributed by atoms with van der Waals surface area (Å²) in [6.45, 7) is 4.48. The van der Waals surface area contributed by atoms with Crippen molar-refractivity contribution in [3.05, 3.63) is 58.6 Å². The minimum atomic E-state index is -0.577. The van der Waals surface area contributed by atoms with Crippen LogP contribution >= 0.6 is 11.6 Å². The SMILES string of the molecule is CCNC(C)c1c(F)cccc1Oc1ccc(Cl)c(F)c1. The van der Waals surface area contributed by atoms with Crippen molar-refractivity contribution in [3.8, 4) is 11.5 Å². The molecule has 0 bridgehead atoms. The molecule has 0 aliphatic rings. The fourth-order valence-corrected chi connectivity index (χ4v) is 2.22. The second kappa shape index (κ2) is 6.87. The van der Waals surface area contributed by atoms with Gasteiger partial charge >= 0.3 is 0 Å². The Hall–Kier alpha value is -1.65. The molecule has 0 fully saturated rings. The Kier molecular flexibility index (Phi) is 5.15. The standard InChI is InChI=1S/C16H16ClF2NO/c1-3-20-10(2)16-13(18)5-4-6-15(16)21-11-7-8-12(17)14(19)9-11/h4-10,20H,3H2,1-2H3. The average molecular weight is 312 g/mol. The van der Waals surface area contributed by atoms with Gasteiger partial charge in [0.1, 0.15) is 23.1 Å². The lowest BCUT2D eigenvalue weighted by Crippen LogP contribution is -2.19. The van der Waals surface area contributed by atoms with E-state index in [0.717, 1.165) is 0 Å². The molecule has 21 heavy (non-hydrogen) atoms. The smallest absolute Gasteiger partial charge is 0.145 e. The highest BCUT2D eigenvalue weighted by atomic mass is 35.5. The van der Waals surface area contributed by atoms with Crippen LogP contribution in [-0.4, -0.2) is 6.54 Å². The van der Waals surface area contributed by atoms with Crippen molar-refractivity contribution in [2.24, 2.45) is 0 Å². The summed E-state index contributed by atoms with van der Waals surface area (Å²) in [6, 6.07) is 8.48. The number of nitrogens with one attached hydrogen (secondary N) is 1. The van der Waals surface area contributed by atoms with Crippen molar-refractivity contribution in [1.82, 2.24) is 5.32 Å². The van der Waals surface area contributed by atoms with Gasteiger partial charge in [-0.25, -0.2) is 8.78 Å². The van der Waals surface area contributed by atoms with Gasteiger partial charge in [-0.3, -0.25) is 0 Å². The highest BCUT2D eigenvalue weighted by molar-refractivity contribution is 6.30. The second-order valence-corrected chi connectivity index (χ2v) is 5.02. The molecule has 2 aromatic rings. The Labute approximate surface area is 127 Å². The van der Waals surface area contributed by atoms with Crippen molar-refractivity contribution in [2.75, 3.05) is 6.54 Å². The van der Waals surface area contributed by atoms with Crippen LogP contribution in [0.4, 0.5) is 8.78 Å². The van der Waals surface area contributed by atoms with E-state index in [4.69, 9.17) is 16.3 Å². The van der Waals surface area contributed by atoms with Crippen LogP contribution in [-0.2, 0) is 0 Å². The molecule has 0 radical (unpaired) electrons. The van der Waals surface area contributed by atoms with Gasteiger partial charge in [0, 0.05) is 17.7 Å². The van der Waals surface area contributed by atoms with Crippen LogP contribution in [0, 0.1) is 11.6 Å². The van der Waals surface area contributed by atoms with E-state index in [2.05, 4.69) is 5.32 Å². The van der Waals surface area contributed by atoms with Gasteiger partial charge in [-0.05, 0) is 37.7 Å². The van der Waals surface area contributed by atoms with Gasteiger partial charge in [0.25, 0.3) is 0 Å². The summed E-state index contributed by atoms with van der Waals surface area (Å²) in [5.41, 5.74) is 0.412. The lowest BCUT2D eigenvalue weighted by molar-refractivity contribution is 0.445. The fraction of sp³-hybridized carbons (Fsp3) is 0.250. The molecule has 0 aliphatic carbocycles. The van der Waals surface area contributed by atoms with Gasteiger partial charge in [0.2, 0.25) is 0 Å². The predicted octanol–water partition coefficient (Wildman–Crippen LogP) is 5.08. The molecule has 112 valence electrons. The molecule has 0 amide bonds. The van der Waals surface area contributed by atoms with E-state index < -0.39 is 5.82 Å². The van der Waals surface area contributed by atoms with E-state index in [-0.39, 0.29) is 22.6 Å². The first kappa shape index (κ1) is 15.7. The van der Waals surface area contributed by atoms with Crippen molar-refractivity contribution < 1.29 is 13.5 Å². The third kappa shape index (κ3) is 3.71. The first-order chi connectivity index (χ1) is 10.0. The zero-order valence-electron chi connectivity index (χ0n) is 11.8. The van der Waals surface area contributed by atoms with Gasteiger partial charge in [0.05, 0.1) is 5.02 Å². The summed E-state index contributed by atoms with van der Waals surface area (Å²) in [7, 11) is 0. The largest absolute Gasteiger partial charge is 0.457 e. The molecule has 0 saturated carbocycles. The summed E-state index contributed by atoms with van der Waals surface area (Å²) >= 11 is 5.63. The van der Waals surface area contributed by atoms with Crippen LogP contribution in [0.2, 0.25) is 5.02 Å². The molecule has 0 aromatic heterocycles. The number of halogens is 3. The molecule has 0 heterocycles. The van der Waals surface area contributed by atoms with Gasteiger partial charge in [-0.15, -0.1) is 0 Å². The van der Waals surface area contributed by atoms with Crippen LogP contribution in [0.3, 0.4) is 0 Å². The topological polar surface area (TPSA) is 21.3 Å². The summed E-state index contributed by atoms with van der Waals surface area (Å²) in [5, 5.41) is 3.15. The Balaban J connectivity index is 2.35. The molecule has 0 aliphatic heterocycles. The molecular weight excluding hydrogens is 296 g/mol. The molecule has 2 rings (SSSR count). The fourth-order valence-electron chi connectivity index (χ4n) is 2.10. The van der Waals surface area contributed by atoms with Gasteiger partial charge in [0.15, 0.2) is 0 Å². The zero-order chi connectivity index (χ0) is 15.4. The van der Waals surface area contributed by atoms with Crippen LogP contribution in [0.25, 0.3) is 0 Å². The van der Waals surface area contributed by atoms with E-state index in [1.165, 1.54) is 24.3 Å². The van der Waals surface area contributed by atoms with Crippen molar-refractivity contribution in [2.45, 2.75) is 19.9 Å². The van der Waals surface area contributed by atoms with Crippen molar-refractivity contribution >= 4 is 11.6 Å². The van der Waals surface area contributed by atoms with E-state index >= 15 is 0 Å². The minimum Gasteiger partial charge on any atom is -0.457 e. The first-order valence-corrected chi connectivity index (χ1v) is 7.05. The van der Waals surface area contributed by atoms with Crippen LogP contribution in [0.5, 0.6) is 11.5 Å². The number of benzene rings is 2. The number of rotatable bonds is 5. The highest BCUT2D eigenvalue weighted by Gasteiger charge is 2.17. The maximum Gasteiger partial charge on any atom is 0.145 e. The van der Waals surface area contributed by atoms with Gasteiger partial charge in [-0.2, -0.15) is 0 Å². The molecule has 1 atom stereocenters. The molecule has 1 unspecified atom stereocenters. The Morgan fingerprint density at radius 1 is 1.19 bits per heavy atom. The number of hydrogen-bond acceptors (Lipinski definition) is 2. The minimum absolute atomic E-state index is 0.0165. The average Bonchev–Trinajstić information content (AvgIpc) is 2.43. The second-order valence-electron chi connectivity index (χ2n) is 4.61. The number of hydrogen-bond donors (Lipinski definition) is 1. The van der Waals surface area contributed by atoms with Gasteiger partial charge in [-0.1, -0.05) is 24.6 Å². The first-order valence-electron chi connectivity index (χ1n) is 6.67. The van der Waals surface area contributed by atoms with Crippen molar-refractivity contribution in [3.63, 3.8) is 0 Å². The molecule has 0 spiro atoms. The molecular formula is C16H16ClF2NO. The third-order valence-corrected chi connectivity index (χ3v) is 3.38. The summed E-state index contributed by atoms with van der Waals surface area (Å²) in [6.07, 6.45) is 0. The highest BCUT2D eigenvalue weighted by Crippen LogP contribution is 2.32. The lowest BCUT2D eigenvalue weighted by Gasteiger charge is -2.18. The van der Waals surface area contributed by atoms with Crippen molar-refractivity contribution in [1.29, 1.82) is 0 Å². The number of ether oxygens (including phenoxy) is 1. The molecule has 0 saturated heterocycles. The maximum atomic E-state index is 14.1. The zero-order valence-corrected chi connectivity index (χ0v) is 12.5. The predicted molar refractivity (Wildman–Crippen MR) is 80.0 cm³/mol. The monoisotopic (exact) mass is 311 g/mol. The third-order valence-electron chi connectivity index (χ3n) is 3.08.